The summed E-state index contributed by atoms with van der Waals surface area (Å²) in [6, 6.07) is 5.83. The first kappa shape index (κ1) is 14.3. The number of likely N-dealkylation sites (tertiary alicyclic amines) is 1. The molecule has 20 heavy (non-hydrogen) atoms. The van der Waals surface area contributed by atoms with Crippen molar-refractivity contribution in [3.05, 3.63) is 29.8 Å². The first-order valence-electron chi connectivity index (χ1n) is 6.52. The summed E-state index contributed by atoms with van der Waals surface area (Å²) in [5.41, 5.74) is 6.75. The van der Waals surface area contributed by atoms with Crippen LogP contribution in [-0.2, 0) is 16.0 Å². The summed E-state index contributed by atoms with van der Waals surface area (Å²) in [6.07, 6.45) is 0.848. The number of rotatable bonds is 4. The minimum absolute atomic E-state index is 0.164. The average Bonchev–Trinajstić information content (AvgIpc) is 2.90. The van der Waals surface area contributed by atoms with Crippen molar-refractivity contribution in [1.29, 1.82) is 0 Å². The molecule has 1 aliphatic heterocycles. The fourth-order valence-corrected chi connectivity index (χ4v) is 2.37. The zero-order chi connectivity index (χ0) is 14.7. The van der Waals surface area contributed by atoms with Gasteiger partial charge in [0.2, 0.25) is 5.91 Å². The molecule has 0 aliphatic carbocycles. The maximum Gasteiger partial charge on any atom is 0.308 e. The van der Waals surface area contributed by atoms with Gasteiger partial charge in [0.05, 0.1) is 12.0 Å². The molecule has 2 atom stereocenters. The third-order valence-corrected chi connectivity index (χ3v) is 3.56. The molecular weight excluding hydrogens is 260 g/mol. The van der Waals surface area contributed by atoms with Gasteiger partial charge in [-0.2, -0.15) is 0 Å². The Morgan fingerprint density at radius 2 is 2.00 bits per heavy atom. The van der Waals surface area contributed by atoms with Crippen LogP contribution in [0.4, 0.5) is 0 Å². The molecule has 1 unspecified atom stereocenters. The maximum absolute atomic E-state index is 12.1. The summed E-state index contributed by atoms with van der Waals surface area (Å²) < 4.78 is 0. The molecule has 1 fully saturated rings. The standard InChI is InChI=1S/C14H18N2O4/c15-12(7-9-1-3-11(17)4-2-9)13(18)16-6-5-10(8-16)14(19)20/h1-4,10,12,17H,5-8,15H2,(H,19,20)/t10?,12-/m1/s1. The highest BCUT2D eigenvalue weighted by atomic mass is 16.4. The normalized spacial score (nSPS) is 19.9. The second-order valence-electron chi connectivity index (χ2n) is 5.09. The number of carbonyl (C=O) groups excluding carboxylic acids is 1. The molecule has 0 aromatic heterocycles. The number of aliphatic carboxylic acids is 1. The highest BCUT2D eigenvalue weighted by Gasteiger charge is 2.32. The molecule has 0 spiro atoms. The van der Waals surface area contributed by atoms with Gasteiger partial charge in [-0.15, -0.1) is 0 Å². The number of amides is 1. The number of nitrogens with zero attached hydrogens (tertiary/aromatic N) is 1. The van der Waals surface area contributed by atoms with Gasteiger partial charge < -0.3 is 20.8 Å². The topological polar surface area (TPSA) is 104 Å². The van der Waals surface area contributed by atoms with Crippen LogP contribution in [0.25, 0.3) is 0 Å². The van der Waals surface area contributed by atoms with Crippen LogP contribution < -0.4 is 5.73 Å². The van der Waals surface area contributed by atoms with E-state index in [9.17, 15) is 14.7 Å². The van der Waals surface area contributed by atoms with Crippen LogP contribution in [0.1, 0.15) is 12.0 Å². The van der Waals surface area contributed by atoms with E-state index < -0.39 is 17.9 Å². The van der Waals surface area contributed by atoms with Gasteiger partial charge in [0.25, 0.3) is 0 Å². The minimum atomic E-state index is -0.868. The van der Waals surface area contributed by atoms with Crippen LogP contribution in [-0.4, -0.2) is 46.1 Å². The molecule has 1 saturated heterocycles. The Kier molecular flexibility index (Phi) is 4.24. The summed E-state index contributed by atoms with van der Waals surface area (Å²) in [5.74, 6) is -1.41. The van der Waals surface area contributed by atoms with Crippen LogP contribution in [0.2, 0.25) is 0 Å². The molecule has 108 valence electrons. The predicted octanol–water partition coefficient (Wildman–Crippen LogP) is 0.195. The lowest BCUT2D eigenvalue weighted by Gasteiger charge is -2.20. The van der Waals surface area contributed by atoms with Crippen molar-refractivity contribution in [2.45, 2.75) is 18.9 Å². The first-order chi connectivity index (χ1) is 9.47. The van der Waals surface area contributed by atoms with Gasteiger partial charge in [-0.3, -0.25) is 9.59 Å². The van der Waals surface area contributed by atoms with E-state index >= 15 is 0 Å². The molecule has 4 N–H and O–H groups in total. The molecule has 2 rings (SSSR count). The van der Waals surface area contributed by atoms with E-state index in [-0.39, 0.29) is 18.2 Å². The van der Waals surface area contributed by atoms with Crippen molar-refractivity contribution in [1.82, 2.24) is 4.90 Å². The number of carboxylic acids is 1. The number of hydrogen-bond acceptors (Lipinski definition) is 4. The first-order valence-corrected chi connectivity index (χ1v) is 6.52. The van der Waals surface area contributed by atoms with Gasteiger partial charge in [0.1, 0.15) is 5.75 Å². The number of phenolic OH excluding ortho intramolecular Hbond substituents is 1. The number of benzene rings is 1. The number of nitrogens with two attached hydrogens (primary N) is 1. The summed E-state index contributed by atoms with van der Waals surface area (Å²) >= 11 is 0. The molecule has 1 heterocycles. The Morgan fingerprint density at radius 1 is 1.35 bits per heavy atom. The fraction of sp³-hybridized carbons (Fsp3) is 0.429. The van der Waals surface area contributed by atoms with Crippen LogP contribution in [0, 0.1) is 5.92 Å². The summed E-state index contributed by atoms with van der Waals surface area (Å²) in [7, 11) is 0. The van der Waals surface area contributed by atoms with E-state index in [0.29, 0.717) is 19.4 Å². The smallest absolute Gasteiger partial charge is 0.308 e. The molecular formula is C14H18N2O4. The van der Waals surface area contributed by atoms with Crippen molar-refractivity contribution in [2.75, 3.05) is 13.1 Å². The number of phenols is 1. The van der Waals surface area contributed by atoms with Gasteiger partial charge in [-0.05, 0) is 30.5 Å². The quantitative estimate of drug-likeness (QED) is 0.729. The largest absolute Gasteiger partial charge is 0.508 e. The average molecular weight is 278 g/mol. The Labute approximate surface area is 116 Å². The molecule has 6 nitrogen and oxygen atoms in total. The molecule has 1 amide bonds. The van der Waals surface area contributed by atoms with Crippen LogP contribution in [0.15, 0.2) is 24.3 Å². The number of carbonyl (C=O) groups is 2. The van der Waals surface area contributed by atoms with Crippen LogP contribution in [0.3, 0.4) is 0 Å². The minimum Gasteiger partial charge on any atom is -0.508 e. The van der Waals surface area contributed by atoms with Crippen molar-refractivity contribution in [2.24, 2.45) is 11.7 Å². The van der Waals surface area contributed by atoms with Gasteiger partial charge in [0.15, 0.2) is 0 Å². The number of aromatic hydroxyl groups is 1. The van der Waals surface area contributed by atoms with E-state index in [0.717, 1.165) is 5.56 Å². The molecule has 1 aromatic carbocycles. The van der Waals surface area contributed by atoms with Gasteiger partial charge >= 0.3 is 5.97 Å². The SMILES string of the molecule is N[C@H](Cc1ccc(O)cc1)C(=O)N1CCC(C(=O)O)C1. The van der Waals surface area contributed by atoms with Crippen molar-refractivity contribution >= 4 is 11.9 Å². The predicted molar refractivity (Wildman–Crippen MR) is 72.1 cm³/mol. The number of hydrogen-bond donors (Lipinski definition) is 3. The summed E-state index contributed by atoms with van der Waals surface area (Å²) in [5, 5.41) is 18.1. The zero-order valence-corrected chi connectivity index (χ0v) is 11.0. The van der Waals surface area contributed by atoms with E-state index in [2.05, 4.69) is 0 Å². The third-order valence-electron chi connectivity index (χ3n) is 3.56. The monoisotopic (exact) mass is 278 g/mol. The fourth-order valence-electron chi connectivity index (χ4n) is 2.37. The second-order valence-corrected chi connectivity index (χ2v) is 5.09. The van der Waals surface area contributed by atoms with E-state index in [1.165, 1.54) is 4.90 Å². The zero-order valence-electron chi connectivity index (χ0n) is 11.0. The third kappa shape index (κ3) is 3.27. The second kappa shape index (κ2) is 5.92. The van der Waals surface area contributed by atoms with Crippen molar-refractivity contribution in [3.63, 3.8) is 0 Å². The Hall–Kier alpha value is -2.08. The van der Waals surface area contributed by atoms with Crippen molar-refractivity contribution < 1.29 is 19.8 Å². The number of carboxylic acid groups (broad SMARTS) is 1. The van der Waals surface area contributed by atoms with Crippen LogP contribution in [0.5, 0.6) is 5.75 Å². The lowest BCUT2D eigenvalue weighted by molar-refractivity contribution is -0.141. The highest BCUT2D eigenvalue weighted by molar-refractivity contribution is 5.83. The van der Waals surface area contributed by atoms with E-state index in [4.69, 9.17) is 10.8 Å². The Morgan fingerprint density at radius 3 is 2.55 bits per heavy atom. The molecule has 6 heteroatoms. The molecule has 1 aromatic rings. The molecule has 0 saturated carbocycles. The Balaban J connectivity index is 1.92. The van der Waals surface area contributed by atoms with Crippen molar-refractivity contribution in [3.8, 4) is 5.75 Å². The van der Waals surface area contributed by atoms with Gasteiger partial charge in [-0.25, -0.2) is 0 Å². The maximum atomic E-state index is 12.1. The molecule has 0 radical (unpaired) electrons. The molecule has 0 bridgehead atoms. The summed E-state index contributed by atoms with van der Waals surface area (Å²) in [4.78, 5) is 24.5. The van der Waals surface area contributed by atoms with Gasteiger partial charge in [0, 0.05) is 13.1 Å². The van der Waals surface area contributed by atoms with E-state index in [1.54, 1.807) is 24.3 Å². The van der Waals surface area contributed by atoms with E-state index in [1.807, 2.05) is 0 Å². The molecule has 1 aliphatic rings. The van der Waals surface area contributed by atoms with Crippen LogP contribution >= 0.6 is 0 Å². The lowest BCUT2D eigenvalue weighted by atomic mass is 10.1. The van der Waals surface area contributed by atoms with Gasteiger partial charge in [-0.1, -0.05) is 12.1 Å². The summed E-state index contributed by atoms with van der Waals surface area (Å²) in [6.45, 7) is 0.677. The highest BCUT2D eigenvalue weighted by Crippen LogP contribution is 2.18. The lowest BCUT2D eigenvalue weighted by Crippen LogP contribution is -2.44. The Bertz CT molecular complexity index is 500.